The van der Waals surface area contributed by atoms with Gasteiger partial charge < -0.3 is 19.7 Å². The summed E-state index contributed by atoms with van der Waals surface area (Å²) in [5.41, 5.74) is 2.92. The highest BCUT2D eigenvalue weighted by Crippen LogP contribution is 2.33. The van der Waals surface area contributed by atoms with Gasteiger partial charge in [0.1, 0.15) is 24.1 Å². The molecule has 0 saturated carbocycles. The van der Waals surface area contributed by atoms with Gasteiger partial charge in [0, 0.05) is 19.5 Å². The second kappa shape index (κ2) is 16.1. The summed E-state index contributed by atoms with van der Waals surface area (Å²) in [5, 5.41) is 3.01. The molecule has 47 heavy (non-hydrogen) atoms. The van der Waals surface area contributed by atoms with Crippen LogP contribution in [0.2, 0.25) is 0 Å². The molecule has 9 nitrogen and oxygen atoms in total. The molecule has 4 rings (SSSR count). The predicted molar refractivity (Wildman–Crippen MR) is 184 cm³/mol. The first-order valence-electron chi connectivity index (χ1n) is 15.5. The number of rotatable bonds is 15. The Morgan fingerprint density at radius 3 is 2.04 bits per heavy atom. The van der Waals surface area contributed by atoms with Crippen LogP contribution in [0.4, 0.5) is 5.69 Å². The van der Waals surface area contributed by atoms with Gasteiger partial charge >= 0.3 is 0 Å². The first-order chi connectivity index (χ1) is 22.5. The summed E-state index contributed by atoms with van der Waals surface area (Å²) >= 11 is 0. The highest BCUT2D eigenvalue weighted by molar-refractivity contribution is 7.92. The van der Waals surface area contributed by atoms with Crippen LogP contribution in [0.1, 0.15) is 30.5 Å². The molecule has 10 heteroatoms. The van der Waals surface area contributed by atoms with Gasteiger partial charge in [0.15, 0.2) is 0 Å². The molecule has 0 bridgehead atoms. The third kappa shape index (κ3) is 9.13. The fourth-order valence-electron chi connectivity index (χ4n) is 5.09. The van der Waals surface area contributed by atoms with Crippen LogP contribution < -0.4 is 19.1 Å². The topological polar surface area (TPSA) is 105 Å². The Bertz CT molecular complexity index is 1730. The summed E-state index contributed by atoms with van der Waals surface area (Å²) in [6, 6.07) is 28.9. The number of carbonyl (C=O) groups excluding carboxylic acids is 2. The molecule has 0 saturated heterocycles. The molecule has 4 aromatic rings. The van der Waals surface area contributed by atoms with E-state index in [2.05, 4.69) is 5.32 Å². The third-order valence-corrected chi connectivity index (χ3v) is 9.48. The van der Waals surface area contributed by atoms with Crippen molar-refractivity contribution < 1.29 is 27.5 Å². The summed E-state index contributed by atoms with van der Waals surface area (Å²) in [6.07, 6.45) is 0.238. The monoisotopic (exact) mass is 657 g/mol. The largest absolute Gasteiger partial charge is 0.497 e. The van der Waals surface area contributed by atoms with Crippen molar-refractivity contribution in [3.8, 4) is 11.5 Å². The molecule has 0 aromatic heterocycles. The standard InChI is InChI=1S/C37H43N3O6S/c1-27(2)24-38-37(42)34(23-29-11-7-6-8-12-29)39(25-30-17-15-28(3)16-18-30)36(41)26-40(33-13-9-10-14-35(33)46-5)47(43,44)32-21-19-31(45-4)20-22-32/h6-22,27,34H,23-26H2,1-5H3,(H,38,42)/t34-/m0/s1. The molecule has 0 aliphatic carbocycles. The predicted octanol–water partition coefficient (Wildman–Crippen LogP) is 5.62. The lowest BCUT2D eigenvalue weighted by molar-refractivity contribution is -0.140. The molecular formula is C37H43N3O6S. The molecule has 0 fully saturated rings. The van der Waals surface area contributed by atoms with E-state index in [9.17, 15) is 18.0 Å². The van der Waals surface area contributed by atoms with E-state index >= 15 is 0 Å². The molecule has 248 valence electrons. The Morgan fingerprint density at radius 2 is 1.43 bits per heavy atom. The van der Waals surface area contributed by atoms with Gasteiger partial charge in [-0.05, 0) is 60.4 Å². The minimum Gasteiger partial charge on any atom is -0.497 e. The van der Waals surface area contributed by atoms with Crippen molar-refractivity contribution in [3.63, 3.8) is 0 Å². The lowest BCUT2D eigenvalue weighted by Crippen LogP contribution is -2.53. The van der Waals surface area contributed by atoms with Crippen molar-refractivity contribution in [2.45, 2.75) is 44.7 Å². The van der Waals surface area contributed by atoms with Crippen LogP contribution in [-0.2, 0) is 32.6 Å². The molecule has 0 unspecified atom stereocenters. The van der Waals surface area contributed by atoms with E-state index in [4.69, 9.17) is 9.47 Å². The molecule has 0 aliphatic heterocycles. The van der Waals surface area contributed by atoms with Crippen LogP contribution >= 0.6 is 0 Å². The molecule has 0 heterocycles. The smallest absolute Gasteiger partial charge is 0.264 e. The van der Waals surface area contributed by atoms with Gasteiger partial charge in [-0.15, -0.1) is 0 Å². The number of ether oxygens (including phenoxy) is 2. The van der Waals surface area contributed by atoms with Gasteiger partial charge in [-0.3, -0.25) is 13.9 Å². The number of hydrogen-bond donors (Lipinski definition) is 1. The molecule has 1 N–H and O–H groups in total. The van der Waals surface area contributed by atoms with E-state index < -0.39 is 28.5 Å². The second-order valence-electron chi connectivity index (χ2n) is 11.7. The molecule has 0 aliphatic rings. The van der Waals surface area contributed by atoms with E-state index in [1.807, 2.05) is 75.4 Å². The summed E-state index contributed by atoms with van der Waals surface area (Å²) in [7, 11) is -1.36. The molecule has 1 atom stereocenters. The minimum atomic E-state index is -4.30. The number of para-hydroxylation sites is 2. The number of hydrogen-bond acceptors (Lipinski definition) is 6. The SMILES string of the molecule is COc1ccc(S(=O)(=O)N(CC(=O)N(Cc2ccc(C)cc2)[C@@H](Cc2ccccc2)C(=O)NCC(C)C)c2ccccc2OC)cc1. The first kappa shape index (κ1) is 35.0. The normalized spacial score (nSPS) is 11.9. The molecule has 0 radical (unpaired) electrons. The zero-order chi connectivity index (χ0) is 34.0. The van der Waals surface area contributed by atoms with E-state index in [1.54, 1.807) is 36.4 Å². The van der Waals surface area contributed by atoms with E-state index in [1.165, 1.54) is 31.3 Å². The maximum Gasteiger partial charge on any atom is 0.264 e. The van der Waals surface area contributed by atoms with Crippen molar-refractivity contribution in [1.82, 2.24) is 10.2 Å². The van der Waals surface area contributed by atoms with Crippen molar-refractivity contribution >= 4 is 27.5 Å². The number of nitrogens with zero attached hydrogens (tertiary/aromatic N) is 2. The van der Waals surface area contributed by atoms with Gasteiger partial charge in [-0.25, -0.2) is 8.42 Å². The van der Waals surface area contributed by atoms with Crippen molar-refractivity contribution in [2.75, 3.05) is 31.6 Å². The Kier molecular flexibility index (Phi) is 12.0. The summed E-state index contributed by atoms with van der Waals surface area (Å²) in [5.74, 6) is 0.0922. The maximum atomic E-state index is 14.6. The quantitative estimate of drug-likeness (QED) is 0.178. The van der Waals surface area contributed by atoms with Gasteiger partial charge in [0.25, 0.3) is 10.0 Å². The van der Waals surface area contributed by atoms with Crippen molar-refractivity contribution in [2.24, 2.45) is 5.92 Å². The number of nitrogens with one attached hydrogen (secondary N) is 1. The number of benzene rings is 4. The van der Waals surface area contributed by atoms with Crippen LogP contribution in [0.25, 0.3) is 0 Å². The van der Waals surface area contributed by atoms with E-state index in [-0.39, 0.29) is 41.1 Å². The van der Waals surface area contributed by atoms with Crippen LogP contribution in [0, 0.1) is 12.8 Å². The minimum absolute atomic E-state index is 0.0300. The summed E-state index contributed by atoms with van der Waals surface area (Å²) in [4.78, 5) is 30.0. The Hall–Kier alpha value is -4.83. The van der Waals surface area contributed by atoms with Crippen molar-refractivity contribution in [3.05, 3.63) is 120 Å². The van der Waals surface area contributed by atoms with E-state index in [0.717, 1.165) is 21.0 Å². The highest BCUT2D eigenvalue weighted by Gasteiger charge is 2.35. The number of sulfonamides is 1. The number of aryl methyl sites for hydroxylation is 1. The van der Waals surface area contributed by atoms with Crippen LogP contribution in [0.15, 0.2) is 108 Å². The zero-order valence-electron chi connectivity index (χ0n) is 27.6. The number of methoxy groups -OCH3 is 2. The van der Waals surface area contributed by atoms with E-state index in [0.29, 0.717) is 12.3 Å². The molecular weight excluding hydrogens is 614 g/mol. The second-order valence-corrected chi connectivity index (χ2v) is 13.6. The van der Waals surface area contributed by atoms with Crippen molar-refractivity contribution in [1.29, 1.82) is 0 Å². The Morgan fingerprint density at radius 1 is 0.787 bits per heavy atom. The fraction of sp³-hybridized carbons (Fsp3) is 0.297. The number of carbonyl (C=O) groups is 2. The number of amides is 2. The van der Waals surface area contributed by atoms with Crippen LogP contribution in [0.5, 0.6) is 11.5 Å². The van der Waals surface area contributed by atoms with Gasteiger partial charge in [-0.1, -0.05) is 86.1 Å². The fourth-order valence-corrected chi connectivity index (χ4v) is 6.52. The Balaban J connectivity index is 1.82. The first-order valence-corrected chi connectivity index (χ1v) is 16.9. The zero-order valence-corrected chi connectivity index (χ0v) is 28.4. The number of anilines is 1. The van der Waals surface area contributed by atoms with Gasteiger partial charge in [-0.2, -0.15) is 0 Å². The highest BCUT2D eigenvalue weighted by atomic mass is 32.2. The molecule has 4 aromatic carbocycles. The molecule has 2 amide bonds. The average Bonchev–Trinajstić information content (AvgIpc) is 3.08. The third-order valence-electron chi connectivity index (χ3n) is 7.71. The van der Waals surface area contributed by atoms with Crippen LogP contribution in [0.3, 0.4) is 0 Å². The van der Waals surface area contributed by atoms with Gasteiger partial charge in [0.05, 0.1) is 24.8 Å². The lowest BCUT2D eigenvalue weighted by Gasteiger charge is -2.34. The summed E-state index contributed by atoms with van der Waals surface area (Å²) < 4.78 is 40.4. The van der Waals surface area contributed by atoms with Crippen LogP contribution in [-0.4, -0.2) is 58.5 Å². The average molecular weight is 658 g/mol. The summed E-state index contributed by atoms with van der Waals surface area (Å²) in [6.45, 7) is 5.90. The Labute approximate surface area is 278 Å². The molecule has 0 spiro atoms. The lowest BCUT2D eigenvalue weighted by atomic mass is 10.0. The van der Waals surface area contributed by atoms with Gasteiger partial charge in [0.2, 0.25) is 11.8 Å². The maximum absolute atomic E-state index is 14.6.